The van der Waals surface area contributed by atoms with E-state index in [1.807, 2.05) is 60.7 Å². The second-order valence-corrected chi connectivity index (χ2v) is 8.96. The zero-order valence-corrected chi connectivity index (χ0v) is 21.0. The summed E-state index contributed by atoms with van der Waals surface area (Å²) in [5, 5.41) is 1.41. The Morgan fingerprint density at radius 1 is 0.914 bits per heavy atom. The van der Waals surface area contributed by atoms with Crippen molar-refractivity contribution in [2.75, 3.05) is 14.2 Å². The average Bonchev–Trinajstić information content (AvgIpc) is 2.86. The number of ether oxygens (including phenoxy) is 3. The van der Waals surface area contributed by atoms with Crippen molar-refractivity contribution in [2.45, 2.75) is 19.3 Å². The third-order valence-corrected chi connectivity index (χ3v) is 6.16. The smallest absolute Gasteiger partial charge is 0.162 e. The van der Waals surface area contributed by atoms with Gasteiger partial charge in [-0.2, -0.15) is 0 Å². The highest BCUT2D eigenvalue weighted by atomic mass is 35.5. The number of thiocarbonyl (C=S) groups is 1. The maximum absolute atomic E-state index is 12.4. The molecule has 4 aromatic rings. The van der Waals surface area contributed by atoms with Crippen molar-refractivity contribution >= 4 is 45.4 Å². The quantitative estimate of drug-likeness (QED) is 0.221. The van der Waals surface area contributed by atoms with Gasteiger partial charge in [0.15, 0.2) is 11.5 Å². The molecular formula is C28H24ClNO4S. The highest BCUT2D eigenvalue weighted by Gasteiger charge is 2.13. The normalized spacial score (nSPS) is 10.7. The number of rotatable bonds is 10. The van der Waals surface area contributed by atoms with Gasteiger partial charge in [-0.25, -0.2) is 0 Å². The van der Waals surface area contributed by atoms with Crippen LogP contribution < -0.4 is 14.2 Å². The molecule has 0 fully saturated rings. The van der Waals surface area contributed by atoms with Crippen molar-refractivity contribution in [1.82, 2.24) is 4.98 Å². The number of carbonyl (C=O) groups excluding carboxylic acids is 1. The number of hydrogen-bond donors (Lipinski definition) is 0. The van der Waals surface area contributed by atoms with Gasteiger partial charge in [0.05, 0.1) is 19.7 Å². The molecule has 35 heavy (non-hydrogen) atoms. The molecule has 0 atom stereocenters. The van der Waals surface area contributed by atoms with Gasteiger partial charge in [0.1, 0.15) is 17.3 Å². The second-order valence-electron chi connectivity index (χ2n) is 7.98. The number of pyridine rings is 1. The minimum atomic E-state index is 0.0553. The van der Waals surface area contributed by atoms with E-state index in [1.165, 1.54) is 0 Å². The van der Waals surface area contributed by atoms with Crippen molar-refractivity contribution in [1.29, 1.82) is 0 Å². The third kappa shape index (κ3) is 6.15. The number of Topliss-reactive ketones (excluding diaryl/α,β-unsaturated/α-hetero) is 1. The Morgan fingerprint density at radius 2 is 1.63 bits per heavy atom. The van der Waals surface area contributed by atoms with Crippen LogP contribution in [0.3, 0.4) is 0 Å². The van der Waals surface area contributed by atoms with Crippen LogP contribution >= 0.6 is 23.8 Å². The van der Waals surface area contributed by atoms with Crippen molar-refractivity contribution in [3.8, 4) is 23.0 Å². The van der Waals surface area contributed by atoms with Crippen molar-refractivity contribution in [2.24, 2.45) is 0 Å². The van der Waals surface area contributed by atoms with E-state index < -0.39 is 0 Å². The Labute approximate surface area is 214 Å². The molecule has 3 aromatic carbocycles. The van der Waals surface area contributed by atoms with Crippen LogP contribution in [0, 0.1) is 0 Å². The second kappa shape index (κ2) is 11.3. The molecule has 0 aliphatic heterocycles. The maximum Gasteiger partial charge on any atom is 0.162 e. The molecule has 0 aliphatic carbocycles. The zero-order chi connectivity index (χ0) is 24.8. The number of aromatic nitrogens is 1. The molecule has 178 valence electrons. The summed E-state index contributed by atoms with van der Waals surface area (Å²) in [6.45, 7) is 0. The molecule has 1 heterocycles. The molecule has 0 amide bonds. The van der Waals surface area contributed by atoms with E-state index in [4.69, 9.17) is 38.0 Å². The lowest BCUT2D eigenvalue weighted by molar-refractivity contribution is -0.117. The van der Waals surface area contributed by atoms with Gasteiger partial charge in [0, 0.05) is 46.8 Å². The summed E-state index contributed by atoms with van der Waals surface area (Å²) in [4.78, 5) is 17.5. The Hall–Kier alpha value is -3.48. The first-order chi connectivity index (χ1) is 17.0. The van der Waals surface area contributed by atoms with Gasteiger partial charge in [-0.05, 0) is 41.5 Å². The van der Waals surface area contributed by atoms with Crippen LogP contribution in [0.25, 0.3) is 10.9 Å². The predicted molar refractivity (Wildman–Crippen MR) is 142 cm³/mol. The van der Waals surface area contributed by atoms with Crippen LogP contribution in [0.2, 0.25) is 5.02 Å². The molecule has 0 saturated carbocycles. The molecule has 1 aromatic heterocycles. The topological polar surface area (TPSA) is 57.7 Å². The molecule has 0 radical (unpaired) electrons. The third-order valence-electron chi connectivity index (χ3n) is 5.50. The molecule has 0 aliphatic rings. The number of halogens is 1. The van der Waals surface area contributed by atoms with Gasteiger partial charge < -0.3 is 14.2 Å². The Bertz CT molecular complexity index is 1370. The number of hydrogen-bond acceptors (Lipinski definition) is 6. The van der Waals surface area contributed by atoms with E-state index in [1.54, 1.807) is 26.5 Å². The van der Waals surface area contributed by atoms with Crippen molar-refractivity contribution in [3.63, 3.8) is 0 Å². The van der Waals surface area contributed by atoms with E-state index in [-0.39, 0.29) is 18.6 Å². The summed E-state index contributed by atoms with van der Waals surface area (Å²) in [6, 6.07) is 20.5. The van der Waals surface area contributed by atoms with Crippen LogP contribution in [0.1, 0.15) is 17.5 Å². The van der Waals surface area contributed by atoms with Gasteiger partial charge in [-0.15, -0.1) is 0 Å². The lowest BCUT2D eigenvalue weighted by Gasteiger charge is -2.12. The van der Waals surface area contributed by atoms with E-state index in [0.29, 0.717) is 39.3 Å². The molecule has 0 spiro atoms. The van der Waals surface area contributed by atoms with E-state index in [0.717, 1.165) is 22.0 Å². The van der Waals surface area contributed by atoms with Gasteiger partial charge in [0.2, 0.25) is 0 Å². The van der Waals surface area contributed by atoms with E-state index in [2.05, 4.69) is 4.98 Å². The molecule has 0 N–H and O–H groups in total. The fraction of sp³-hybridized carbons (Fsp3) is 0.179. The lowest BCUT2D eigenvalue weighted by atomic mass is 10.0. The number of benzene rings is 3. The SMILES string of the molecule is COc1cc2nccc(Oc3ccc(CC(=S)CC(=O)Cc4ccccc4Cl)cc3)c2cc1OC. The summed E-state index contributed by atoms with van der Waals surface area (Å²) < 4.78 is 16.9. The average molecular weight is 506 g/mol. The standard InChI is InChI=1S/C28H24ClNO4S/c1-32-27-16-23-25(17-28(27)33-2)30-12-11-26(23)34-21-9-7-18(8-10-21)13-22(35)15-20(31)14-19-5-3-4-6-24(19)29/h3-12,16-17H,13-15H2,1-2H3. The molecule has 5 nitrogen and oxygen atoms in total. The maximum atomic E-state index is 12.4. The fourth-order valence-electron chi connectivity index (χ4n) is 3.77. The summed E-state index contributed by atoms with van der Waals surface area (Å²) in [5.74, 6) is 2.60. The fourth-order valence-corrected chi connectivity index (χ4v) is 4.30. The Kier molecular flexibility index (Phi) is 7.95. The molecule has 0 bridgehead atoms. The molecule has 0 unspecified atom stereocenters. The number of methoxy groups -OCH3 is 2. The lowest BCUT2D eigenvalue weighted by Crippen LogP contribution is -2.11. The van der Waals surface area contributed by atoms with Crippen LogP contribution in [0.4, 0.5) is 0 Å². The molecule has 0 saturated heterocycles. The van der Waals surface area contributed by atoms with Crippen LogP contribution in [-0.2, 0) is 17.6 Å². The first-order valence-corrected chi connectivity index (χ1v) is 11.8. The van der Waals surface area contributed by atoms with Crippen LogP contribution in [0.5, 0.6) is 23.0 Å². The molecule has 7 heteroatoms. The summed E-state index contributed by atoms with van der Waals surface area (Å²) in [6.07, 6.45) is 2.76. The van der Waals surface area contributed by atoms with E-state index in [9.17, 15) is 4.79 Å². The first kappa shape index (κ1) is 24.6. The molecule has 4 rings (SSSR count). The summed E-state index contributed by atoms with van der Waals surface area (Å²) >= 11 is 11.6. The highest BCUT2D eigenvalue weighted by Crippen LogP contribution is 2.36. The minimum Gasteiger partial charge on any atom is -0.493 e. The number of ketones is 1. The number of carbonyl (C=O) groups is 1. The molecular weight excluding hydrogens is 482 g/mol. The number of nitrogens with zero attached hydrogens (tertiary/aromatic N) is 1. The van der Waals surface area contributed by atoms with Gasteiger partial charge in [0.25, 0.3) is 0 Å². The largest absolute Gasteiger partial charge is 0.493 e. The van der Waals surface area contributed by atoms with Gasteiger partial charge in [-0.3, -0.25) is 9.78 Å². The zero-order valence-electron chi connectivity index (χ0n) is 19.4. The van der Waals surface area contributed by atoms with Crippen LogP contribution in [0.15, 0.2) is 72.9 Å². The summed E-state index contributed by atoms with van der Waals surface area (Å²) in [5.41, 5.74) is 2.57. The van der Waals surface area contributed by atoms with Gasteiger partial charge in [-0.1, -0.05) is 54.2 Å². The monoisotopic (exact) mass is 505 g/mol. The Morgan fingerprint density at radius 3 is 2.34 bits per heavy atom. The van der Waals surface area contributed by atoms with Gasteiger partial charge >= 0.3 is 0 Å². The first-order valence-electron chi connectivity index (χ1n) is 11.0. The van der Waals surface area contributed by atoms with Crippen molar-refractivity contribution < 1.29 is 19.0 Å². The minimum absolute atomic E-state index is 0.0553. The Balaban J connectivity index is 1.40. The van der Waals surface area contributed by atoms with Crippen molar-refractivity contribution in [3.05, 3.63) is 89.1 Å². The van der Waals surface area contributed by atoms with E-state index >= 15 is 0 Å². The summed E-state index contributed by atoms with van der Waals surface area (Å²) in [7, 11) is 3.18. The predicted octanol–water partition coefficient (Wildman–Crippen LogP) is 6.81. The highest BCUT2D eigenvalue weighted by molar-refractivity contribution is 7.80. The van der Waals surface area contributed by atoms with Crippen LogP contribution in [-0.4, -0.2) is 29.9 Å². The number of fused-ring (bicyclic) bond motifs is 1.